The molecule has 28 heavy (non-hydrogen) atoms. The van der Waals surface area contributed by atoms with Crippen LogP contribution < -0.4 is 4.74 Å². The molecular formula is C22H22N4O2. The SMILES string of the molecule is COc1ccc(Cc2nc3cnc4ccccc4c3n2C2CCOCC2)nc1. The van der Waals surface area contributed by atoms with E-state index >= 15 is 0 Å². The van der Waals surface area contributed by atoms with Crippen LogP contribution in [0, 0.1) is 0 Å². The first-order valence-electron chi connectivity index (χ1n) is 9.64. The van der Waals surface area contributed by atoms with Gasteiger partial charge in [0.2, 0.25) is 0 Å². The summed E-state index contributed by atoms with van der Waals surface area (Å²) in [5.74, 6) is 1.79. The molecule has 0 atom stereocenters. The summed E-state index contributed by atoms with van der Waals surface area (Å²) in [6.45, 7) is 1.57. The smallest absolute Gasteiger partial charge is 0.137 e. The van der Waals surface area contributed by atoms with Crippen LogP contribution >= 0.6 is 0 Å². The third-order valence-corrected chi connectivity index (χ3v) is 5.42. The standard InChI is InChI=1S/C22H22N4O2/c1-27-17-7-6-15(23-13-17)12-21-25-20-14-24-19-5-3-2-4-18(19)22(20)26(21)16-8-10-28-11-9-16/h2-7,13-14,16H,8-12H2,1H3. The molecule has 0 spiro atoms. The number of nitrogens with zero attached hydrogens (tertiary/aromatic N) is 4. The van der Waals surface area contributed by atoms with Crippen molar-refractivity contribution in [3.05, 3.63) is 60.3 Å². The summed E-state index contributed by atoms with van der Waals surface area (Å²) in [5, 5.41) is 1.15. The van der Waals surface area contributed by atoms with E-state index in [1.807, 2.05) is 24.4 Å². The quantitative estimate of drug-likeness (QED) is 0.542. The lowest BCUT2D eigenvalue weighted by Crippen LogP contribution is -2.21. The molecule has 6 heteroatoms. The largest absolute Gasteiger partial charge is 0.495 e. The molecule has 4 aromatic rings. The van der Waals surface area contributed by atoms with Gasteiger partial charge in [-0.25, -0.2) is 4.98 Å². The normalized spacial score (nSPS) is 15.3. The maximum absolute atomic E-state index is 5.61. The number of ether oxygens (including phenoxy) is 2. The molecule has 1 aromatic carbocycles. The molecule has 5 rings (SSSR count). The fraction of sp³-hybridized carbons (Fsp3) is 0.318. The number of aromatic nitrogens is 4. The van der Waals surface area contributed by atoms with Gasteiger partial charge in [-0.3, -0.25) is 9.97 Å². The van der Waals surface area contributed by atoms with Gasteiger partial charge in [0.15, 0.2) is 0 Å². The van der Waals surface area contributed by atoms with E-state index in [0.717, 1.165) is 59.7 Å². The summed E-state index contributed by atoms with van der Waals surface area (Å²) in [6.07, 6.45) is 6.30. The van der Waals surface area contributed by atoms with Gasteiger partial charge in [-0.2, -0.15) is 0 Å². The van der Waals surface area contributed by atoms with Crippen LogP contribution in [0.4, 0.5) is 0 Å². The number of para-hydroxylation sites is 1. The van der Waals surface area contributed by atoms with Crippen LogP contribution in [0.15, 0.2) is 48.8 Å². The van der Waals surface area contributed by atoms with Crippen molar-refractivity contribution in [2.24, 2.45) is 0 Å². The zero-order chi connectivity index (χ0) is 18.9. The Balaban J connectivity index is 1.67. The molecule has 0 N–H and O–H groups in total. The first kappa shape index (κ1) is 17.1. The van der Waals surface area contributed by atoms with Crippen molar-refractivity contribution < 1.29 is 9.47 Å². The van der Waals surface area contributed by atoms with E-state index in [1.165, 1.54) is 5.52 Å². The molecule has 142 valence electrons. The van der Waals surface area contributed by atoms with Gasteiger partial charge in [-0.15, -0.1) is 0 Å². The Morgan fingerprint density at radius 2 is 1.89 bits per heavy atom. The molecule has 1 aliphatic heterocycles. The Kier molecular flexibility index (Phi) is 4.41. The van der Waals surface area contributed by atoms with Crippen LogP contribution in [0.25, 0.3) is 21.9 Å². The molecule has 0 bridgehead atoms. The van der Waals surface area contributed by atoms with Crippen LogP contribution in [0.2, 0.25) is 0 Å². The topological polar surface area (TPSA) is 62.1 Å². The maximum Gasteiger partial charge on any atom is 0.137 e. The van der Waals surface area contributed by atoms with Crippen LogP contribution in [0.5, 0.6) is 5.75 Å². The second-order valence-electron chi connectivity index (χ2n) is 7.12. The average Bonchev–Trinajstić information content (AvgIpc) is 3.13. The van der Waals surface area contributed by atoms with Gasteiger partial charge < -0.3 is 14.0 Å². The molecule has 6 nitrogen and oxygen atoms in total. The Bertz CT molecular complexity index is 1110. The summed E-state index contributed by atoms with van der Waals surface area (Å²) in [5.41, 5.74) is 4.08. The average molecular weight is 374 g/mol. The predicted octanol–water partition coefficient (Wildman–Crippen LogP) is 3.93. The van der Waals surface area contributed by atoms with Gasteiger partial charge in [-0.1, -0.05) is 18.2 Å². The molecule has 4 heterocycles. The van der Waals surface area contributed by atoms with Crippen molar-refractivity contribution in [3.8, 4) is 5.75 Å². The third-order valence-electron chi connectivity index (χ3n) is 5.42. The molecule has 1 fully saturated rings. The second kappa shape index (κ2) is 7.20. The van der Waals surface area contributed by atoms with Crippen LogP contribution in [0.1, 0.15) is 30.4 Å². The number of pyridine rings is 2. The maximum atomic E-state index is 5.61. The molecule has 0 saturated carbocycles. The van der Waals surface area contributed by atoms with E-state index in [4.69, 9.17) is 14.5 Å². The highest BCUT2D eigenvalue weighted by Crippen LogP contribution is 2.32. The van der Waals surface area contributed by atoms with E-state index in [2.05, 4.69) is 32.7 Å². The first-order chi connectivity index (χ1) is 13.8. The zero-order valence-electron chi connectivity index (χ0n) is 15.8. The minimum absolute atomic E-state index is 0.373. The number of rotatable bonds is 4. The Labute approximate surface area is 163 Å². The van der Waals surface area contributed by atoms with E-state index in [1.54, 1.807) is 13.3 Å². The van der Waals surface area contributed by atoms with Crippen molar-refractivity contribution in [3.63, 3.8) is 0 Å². The number of hydrogen-bond donors (Lipinski definition) is 0. The van der Waals surface area contributed by atoms with Gasteiger partial charge >= 0.3 is 0 Å². The molecular weight excluding hydrogens is 352 g/mol. The van der Waals surface area contributed by atoms with Crippen molar-refractivity contribution in [1.82, 2.24) is 19.5 Å². The van der Waals surface area contributed by atoms with Gasteiger partial charge in [0.05, 0.1) is 30.5 Å². The highest BCUT2D eigenvalue weighted by Gasteiger charge is 2.23. The number of benzene rings is 1. The van der Waals surface area contributed by atoms with Gasteiger partial charge in [-0.05, 0) is 31.0 Å². The van der Waals surface area contributed by atoms with Crippen molar-refractivity contribution in [1.29, 1.82) is 0 Å². The molecule has 0 radical (unpaired) electrons. The lowest BCUT2D eigenvalue weighted by Gasteiger charge is -2.26. The summed E-state index contributed by atoms with van der Waals surface area (Å²) in [4.78, 5) is 14.1. The highest BCUT2D eigenvalue weighted by molar-refractivity contribution is 6.02. The van der Waals surface area contributed by atoms with Gasteiger partial charge in [0.1, 0.15) is 17.1 Å². The third kappa shape index (κ3) is 2.99. The fourth-order valence-electron chi connectivity index (χ4n) is 4.03. The molecule has 0 amide bonds. The molecule has 1 saturated heterocycles. The number of fused-ring (bicyclic) bond motifs is 3. The minimum Gasteiger partial charge on any atom is -0.495 e. The van der Waals surface area contributed by atoms with E-state index < -0.39 is 0 Å². The van der Waals surface area contributed by atoms with Crippen LogP contribution in [-0.2, 0) is 11.2 Å². The first-order valence-corrected chi connectivity index (χ1v) is 9.64. The summed E-state index contributed by atoms with van der Waals surface area (Å²) in [6, 6.07) is 12.6. The molecule has 0 aliphatic carbocycles. The van der Waals surface area contributed by atoms with Crippen molar-refractivity contribution in [2.75, 3.05) is 20.3 Å². The van der Waals surface area contributed by atoms with Gasteiger partial charge in [0, 0.05) is 36.8 Å². The van der Waals surface area contributed by atoms with Gasteiger partial charge in [0.25, 0.3) is 0 Å². The fourth-order valence-corrected chi connectivity index (χ4v) is 4.03. The van der Waals surface area contributed by atoms with Crippen LogP contribution in [0.3, 0.4) is 0 Å². The lowest BCUT2D eigenvalue weighted by atomic mass is 10.1. The molecule has 3 aromatic heterocycles. The van der Waals surface area contributed by atoms with Crippen molar-refractivity contribution >= 4 is 21.9 Å². The Morgan fingerprint density at radius 1 is 1.04 bits per heavy atom. The Morgan fingerprint density at radius 3 is 2.68 bits per heavy atom. The molecule has 1 aliphatic rings. The zero-order valence-corrected chi connectivity index (χ0v) is 15.8. The minimum atomic E-state index is 0.373. The van der Waals surface area contributed by atoms with E-state index in [0.29, 0.717) is 12.5 Å². The number of methoxy groups -OCH3 is 1. The lowest BCUT2D eigenvalue weighted by molar-refractivity contribution is 0.0700. The van der Waals surface area contributed by atoms with E-state index in [9.17, 15) is 0 Å². The monoisotopic (exact) mass is 374 g/mol. The highest BCUT2D eigenvalue weighted by atomic mass is 16.5. The summed E-state index contributed by atoms with van der Waals surface area (Å²) >= 11 is 0. The van der Waals surface area contributed by atoms with E-state index in [-0.39, 0.29) is 0 Å². The summed E-state index contributed by atoms with van der Waals surface area (Å²) < 4.78 is 13.2. The number of imidazole rings is 1. The summed E-state index contributed by atoms with van der Waals surface area (Å²) in [7, 11) is 1.65. The molecule has 0 unspecified atom stereocenters. The van der Waals surface area contributed by atoms with Crippen LogP contribution in [-0.4, -0.2) is 39.8 Å². The second-order valence-corrected chi connectivity index (χ2v) is 7.12. The number of hydrogen-bond acceptors (Lipinski definition) is 5. The van der Waals surface area contributed by atoms with Crippen molar-refractivity contribution in [2.45, 2.75) is 25.3 Å². The Hall–Kier alpha value is -2.99. The predicted molar refractivity (Wildman–Crippen MR) is 108 cm³/mol.